The van der Waals surface area contributed by atoms with Crippen LogP contribution in [0.25, 0.3) is 0 Å². The lowest BCUT2D eigenvalue weighted by Gasteiger charge is -2.17. The summed E-state index contributed by atoms with van der Waals surface area (Å²) in [5, 5.41) is 0. The van der Waals surface area contributed by atoms with Crippen molar-refractivity contribution >= 4 is 11.8 Å². The summed E-state index contributed by atoms with van der Waals surface area (Å²) in [5.74, 6) is 1.81. The highest BCUT2D eigenvalue weighted by Crippen LogP contribution is 2.37. The predicted molar refractivity (Wildman–Crippen MR) is 117 cm³/mol. The third kappa shape index (κ3) is 9.71. The first-order chi connectivity index (χ1) is 13.3. The number of esters is 1. The summed E-state index contributed by atoms with van der Waals surface area (Å²) < 4.78 is 5.14. The first-order valence-corrected chi connectivity index (χ1v) is 11.4. The van der Waals surface area contributed by atoms with Crippen molar-refractivity contribution < 1.29 is 14.3 Å². The molecule has 1 rings (SSSR count). The summed E-state index contributed by atoms with van der Waals surface area (Å²) in [6, 6.07) is 0. The Morgan fingerprint density at radius 3 is 2.61 bits per heavy atom. The highest BCUT2D eigenvalue weighted by molar-refractivity contribution is 5.84. The average molecular weight is 391 g/mol. The van der Waals surface area contributed by atoms with E-state index >= 15 is 0 Å². The van der Waals surface area contributed by atoms with Gasteiger partial charge in [0.25, 0.3) is 0 Å². The van der Waals surface area contributed by atoms with E-state index in [-0.39, 0.29) is 18.0 Å². The molecule has 0 aliphatic heterocycles. The van der Waals surface area contributed by atoms with Crippen molar-refractivity contribution in [1.82, 2.24) is 0 Å². The Morgan fingerprint density at radius 2 is 1.93 bits per heavy atom. The SMILES string of the molecule is CCCCC[C@H](C)/C=C/[C@H]1[C@H](C)CC(=O)[C@@H]1C/C=C\CCCC(=O)OC(C)C. The van der Waals surface area contributed by atoms with Gasteiger partial charge in [-0.05, 0) is 57.3 Å². The second-order valence-electron chi connectivity index (χ2n) is 8.83. The van der Waals surface area contributed by atoms with E-state index in [9.17, 15) is 9.59 Å². The Morgan fingerprint density at radius 1 is 1.18 bits per heavy atom. The number of unbranched alkanes of at least 4 members (excludes halogenated alkanes) is 3. The molecule has 0 heterocycles. The van der Waals surface area contributed by atoms with Crippen LogP contribution in [0.1, 0.15) is 92.4 Å². The summed E-state index contributed by atoms with van der Waals surface area (Å²) in [7, 11) is 0. The molecule has 3 heteroatoms. The topological polar surface area (TPSA) is 43.4 Å². The molecule has 0 aromatic carbocycles. The Bertz CT molecular complexity index is 518. The Labute approximate surface area is 173 Å². The van der Waals surface area contributed by atoms with E-state index in [1.165, 1.54) is 25.7 Å². The second-order valence-corrected chi connectivity index (χ2v) is 8.83. The van der Waals surface area contributed by atoms with Crippen molar-refractivity contribution in [3.63, 3.8) is 0 Å². The molecule has 28 heavy (non-hydrogen) atoms. The molecule has 1 aliphatic carbocycles. The van der Waals surface area contributed by atoms with Crippen LogP contribution >= 0.6 is 0 Å². The van der Waals surface area contributed by atoms with Crippen molar-refractivity contribution in [2.45, 2.75) is 98.5 Å². The molecule has 0 unspecified atom stereocenters. The number of rotatable bonds is 13. The van der Waals surface area contributed by atoms with E-state index in [4.69, 9.17) is 4.74 Å². The highest BCUT2D eigenvalue weighted by Gasteiger charge is 2.37. The van der Waals surface area contributed by atoms with Crippen LogP contribution in [0.15, 0.2) is 24.3 Å². The molecule has 1 saturated carbocycles. The number of ether oxygens (including phenoxy) is 1. The van der Waals surface area contributed by atoms with E-state index in [1.54, 1.807) is 0 Å². The fraction of sp³-hybridized carbons (Fsp3) is 0.760. The van der Waals surface area contributed by atoms with Gasteiger partial charge in [0.15, 0.2) is 0 Å². The van der Waals surface area contributed by atoms with Crippen LogP contribution in [-0.4, -0.2) is 17.9 Å². The largest absolute Gasteiger partial charge is 0.463 e. The molecule has 0 aromatic rings. The zero-order valence-corrected chi connectivity index (χ0v) is 18.8. The third-order valence-corrected chi connectivity index (χ3v) is 5.66. The van der Waals surface area contributed by atoms with Gasteiger partial charge in [0.2, 0.25) is 0 Å². The van der Waals surface area contributed by atoms with Gasteiger partial charge < -0.3 is 4.74 Å². The van der Waals surface area contributed by atoms with Crippen molar-refractivity contribution in [2.24, 2.45) is 23.7 Å². The van der Waals surface area contributed by atoms with Crippen LogP contribution in [0, 0.1) is 23.7 Å². The summed E-state index contributed by atoms with van der Waals surface area (Å²) >= 11 is 0. The van der Waals surface area contributed by atoms with Crippen LogP contribution in [0.4, 0.5) is 0 Å². The van der Waals surface area contributed by atoms with Crippen molar-refractivity contribution in [2.75, 3.05) is 0 Å². The molecule has 0 saturated heterocycles. The minimum atomic E-state index is -0.124. The molecule has 0 amide bonds. The monoisotopic (exact) mass is 390 g/mol. The van der Waals surface area contributed by atoms with Crippen LogP contribution < -0.4 is 0 Å². The number of ketones is 1. The van der Waals surface area contributed by atoms with E-state index in [0.717, 1.165) is 19.3 Å². The molecular formula is C25H42O3. The molecule has 160 valence electrons. The molecule has 0 spiro atoms. The highest BCUT2D eigenvalue weighted by atomic mass is 16.5. The maximum atomic E-state index is 12.4. The number of carbonyl (C=O) groups is 2. The van der Waals surface area contributed by atoms with Gasteiger partial charge in [0.1, 0.15) is 5.78 Å². The maximum absolute atomic E-state index is 12.4. The smallest absolute Gasteiger partial charge is 0.306 e. The van der Waals surface area contributed by atoms with Gasteiger partial charge in [0, 0.05) is 18.8 Å². The zero-order chi connectivity index (χ0) is 20.9. The number of hydrogen-bond donors (Lipinski definition) is 0. The second kappa shape index (κ2) is 13.7. The summed E-state index contributed by atoms with van der Waals surface area (Å²) in [5.41, 5.74) is 0. The maximum Gasteiger partial charge on any atom is 0.306 e. The van der Waals surface area contributed by atoms with Gasteiger partial charge >= 0.3 is 5.97 Å². The fourth-order valence-corrected chi connectivity index (χ4v) is 4.01. The van der Waals surface area contributed by atoms with E-state index < -0.39 is 0 Å². The number of hydrogen-bond acceptors (Lipinski definition) is 3. The predicted octanol–water partition coefficient (Wildman–Crippen LogP) is 6.67. The van der Waals surface area contributed by atoms with Gasteiger partial charge in [-0.2, -0.15) is 0 Å². The summed E-state index contributed by atoms with van der Waals surface area (Å²) in [6.07, 6.45) is 17.6. The third-order valence-electron chi connectivity index (χ3n) is 5.66. The molecule has 0 N–H and O–H groups in total. The number of carbonyl (C=O) groups excluding carboxylic acids is 2. The first kappa shape index (κ1) is 24.7. The minimum absolute atomic E-state index is 0.0437. The lowest BCUT2D eigenvalue weighted by atomic mass is 9.86. The van der Waals surface area contributed by atoms with E-state index in [1.807, 2.05) is 13.8 Å². The van der Waals surface area contributed by atoms with Crippen LogP contribution in [0.3, 0.4) is 0 Å². The Hall–Kier alpha value is -1.38. The molecule has 3 nitrogen and oxygen atoms in total. The molecule has 1 fully saturated rings. The molecule has 0 radical (unpaired) electrons. The van der Waals surface area contributed by atoms with Crippen molar-refractivity contribution in [3.05, 3.63) is 24.3 Å². The average Bonchev–Trinajstić information content (AvgIpc) is 2.88. The zero-order valence-electron chi connectivity index (χ0n) is 18.8. The van der Waals surface area contributed by atoms with Gasteiger partial charge in [-0.3, -0.25) is 9.59 Å². The molecule has 0 bridgehead atoms. The minimum Gasteiger partial charge on any atom is -0.463 e. The normalized spacial score (nSPS) is 23.9. The van der Waals surface area contributed by atoms with Gasteiger partial charge in [-0.25, -0.2) is 0 Å². The Balaban J connectivity index is 2.42. The molecule has 1 aliphatic rings. The van der Waals surface area contributed by atoms with Crippen LogP contribution in [0.5, 0.6) is 0 Å². The van der Waals surface area contributed by atoms with Crippen molar-refractivity contribution in [3.8, 4) is 0 Å². The molecule has 0 aromatic heterocycles. The van der Waals surface area contributed by atoms with Crippen LogP contribution in [0.2, 0.25) is 0 Å². The van der Waals surface area contributed by atoms with Gasteiger partial charge in [-0.1, -0.05) is 64.3 Å². The Kier molecular flexibility index (Phi) is 12.1. The lowest BCUT2D eigenvalue weighted by molar-refractivity contribution is -0.147. The van der Waals surface area contributed by atoms with E-state index in [0.29, 0.717) is 36.4 Å². The first-order valence-electron chi connectivity index (χ1n) is 11.4. The molecule has 4 atom stereocenters. The summed E-state index contributed by atoms with van der Waals surface area (Å²) in [6.45, 7) is 10.5. The number of allylic oxidation sites excluding steroid dienone is 4. The standard InChI is InChI=1S/C25H42O3/c1-6-7-10-13-20(4)16-17-22-21(5)18-24(26)23(22)14-11-8-9-12-15-25(27)28-19(2)3/h8,11,16-17,19-23H,6-7,9-10,12-15,18H2,1-5H3/b11-8-,17-16+/t20-,21+,22-,23+/m0/s1. The van der Waals surface area contributed by atoms with Gasteiger partial charge in [-0.15, -0.1) is 0 Å². The van der Waals surface area contributed by atoms with Crippen molar-refractivity contribution in [1.29, 1.82) is 0 Å². The van der Waals surface area contributed by atoms with Crippen LogP contribution in [-0.2, 0) is 14.3 Å². The lowest BCUT2D eigenvalue weighted by Crippen LogP contribution is -2.14. The van der Waals surface area contributed by atoms with E-state index in [2.05, 4.69) is 45.1 Å². The number of Topliss-reactive ketones (excluding diaryl/α,β-unsaturated/α-hetero) is 1. The van der Waals surface area contributed by atoms with Gasteiger partial charge in [0.05, 0.1) is 6.10 Å². The molecular weight excluding hydrogens is 348 g/mol. The quantitative estimate of drug-likeness (QED) is 0.200. The summed E-state index contributed by atoms with van der Waals surface area (Å²) in [4.78, 5) is 24.0. The fourth-order valence-electron chi connectivity index (χ4n) is 4.01.